The van der Waals surface area contributed by atoms with E-state index in [2.05, 4.69) is 23.3 Å². The van der Waals surface area contributed by atoms with E-state index in [0.29, 0.717) is 6.61 Å². The largest absolute Gasteiger partial charge is 0.391 e. The molecule has 0 aromatic carbocycles. The standard InChI is InChI=1S/C17H28N4O/c22-13-12-19-8-10-21(11-9-19)17-3-6-20(7-4-17)15-16-2-1-5-18-14-16/h1-2,5,14,17,22H,3-4,6-13,15H2/p+4. The van der Waals surface area contributed by atoms with Crippen molar-refractivity contribution < 1.29 is 24.8 Å². The summed E-state index contributed by atoms with van der Waals surface area (Å²) in [5.74, 6) is 0. The highest BCUT2D eigenvalue weighted by molar-refractivity contribution is 5.02. The molecule has 0 spiro atoms. The first-order valence-electron chi connectivity index (χ1n) is 8.92. The zero-order valence-electron chi connectivity index (χ0n) is 13.6. The van der Waals surface area contributed by atoms with Crippen molar-refractivity contribution in [2.45, 2.75) is 25.4 Å². The number of piperidine rings is 1. The molecule has 1 aromatic heterocycles. The molecule has 0 saturated carbocycles. The Morgan fingerprint density at radius 1 is 1.05 bits per heavy atom. The van der Waals surface area contributed by atoms with E-state index in [1.807, 2.05) is 11.1 Å². The minimum Gasteiger partial charge on any atom is -0.391 e. The monoisotopic (exact) mass is 308 g/mol. The molecule has 0 radical (unpaired) electrons. The quantitative estimate of drug-likeness (QED) is 0.438. The minimum absolute atomic E-state index is 0.337. The predicted octanol–water partition coefficient (Wildman–Crippen LogP) is -4.18. The summed E-state index contributed by atoms with van der Waals surface area (Å²) < 4.78 is 0. The van der Waals surface area contributed by atoms with E-state index in [0.717, 1.165) is 19.1 Å². The van der Waals surface area contributed by atoms with Crippen molar-refractivity contribution in [2.75, 3.05) is 52.4 Å². The second-order valence-electron chi connectivity index (χ2n) is 6.99. The molecule has 5 heteroatoms. The number of pyridine rings is 1. The summed E-state index contributed by atoms with van der Waals surface area (Å²) in [5.41, 5.74) is 1.42. The Labute approximate surface area is 133 Å². The van der Waals surface area contributed by atoms with Crippen LogP contribution in [0.3, 0.4) is 0 Å². The van der Waals surface area contributed by atoms with Gasteiger partial charge in [0.25, 0.3) is 0 Å². The molecule has 2 saturated heterocycles. The van der Waals surface area contributed by atoms with Gasteiger partial charge in [0, 0.05) is 18.9 Å². The van der Waals surface area contributed by atoms with Crippen LogP contribution in [-0.4, -0.2) is 63.6 Å². The van der Waals surface area contributed by atoms with Crippen LogP contribution in [0.25, 0.3) is 0 Å². The van der Waals surface area contributed by atoms with E-state index >= 15 is 0 Å². The fraction of sp³-hybridized carbons (Fsp3) is 0.706. The van der Waals surface area contributed by atoms with Gasteiger partial charge in [0.05, 0.1) is 31.3 Å². The first-order valence-corrected chi connectivity index (χ1v) is 8.92. The maximum atomic E-state index is 9.05. The van der Waals surface area contributed by atoms with Gasteiger partial charge in [-0.2, -0.15) is 0 Å². The van der Waals surface area contributed by atoms with Gasteiger partial charge >= 0.3 is 0 Å². The second-order valence-corrected chi connectivity index (χ2v) is 6.99. The number of H-pyrrole nitrogens is 1. The molecule has 22 heavy (non-hydrogen) atoms. The molecule has 5 nitrogen and oxygen atoms in total. The fourth-order valence-electron chi connectivity index (χ4n) is 4.18. The molecule has 2 aliphatic heterocycles. The van der Waals surface area contributed by atoms with Crippen LogP contribution in [-0.2, 0) is 6.54 Å². The number of aromatic amines is 1. The second kappa shape index (κ2) is 8.02. The van der Waals surface area contributed by atoms with Gasteiger partial charge in [-0.05, 0) is 6.07 Å². The van der Waals surface area contributed by atoms with Crippen LogP contribution >= 0.6 is 0 Å². The summed E-state index contributed by atoms with van der Waals surface area (Å²) in [6, 6.07) is 5.20. The number of quaternary nitrogens is 3. The van der Waals surface area contributed by atoms with Crippen LogP contribution < -0.4 is 19.7 Å². The fourth-order valence-corrected chi connectivity index (χ4v) is 4.18. The van der Waals surface area contributed by atoms with Crippen LogP contribution in [0.1, 0.15) is 18.4 Å². The Kier molecular flexibility index (Phi) is 5.78. The van der Waals surface area contributed by atoms with Crippen molar-refractivity contribution >= 4 is 0 Å². The number of hydrogen-bond acceptors (Lipinski definition) is 1. The van der Waals surface area contributed by atoms with Gasteiger partial charge in [-0.3, -0.25) is 0 Å². The highest BCUT2D eigenvalue weighted by atomic mass is 16.3. The van der Waals surface area contributed by atoms with Gasteiger partial charge in [-0.15, -0.1) is 0 Å². The van der Waals surface area contributed by atoms with Gasteiger partial charge in [-0.1, -0.05) is 0 Å². The summed E-state index contributed by atoms with van der Waals surface area (Å²) in [7, 11) is 0. The lowest BCUT2D eigenvalue weighted by Gasteiger charge is -2.37. The third kappa shape index (κ3) is 4.26. The van der Waals surface area contributed by atoms with Crippen LogP contribution in [0.5, 0.6) is 0 Å². The van der Waals surface area contributed by atoms with Gasteiger partial charge in [0.15, 0.2) is 12.4 Å². The van der Waals surface area contributed by atoms with Crippen LogP contribution in [0.15, 0.2) is 24.5 Å². The van der Waals surface area contributed by atoms with Crippen molar-refractivity contribution in [1.82, 2.24) is 0 Å². The number of aliphatic hydroxyl groups excluding tert-OH is 1. The van der Waals surface area contributed by atoms with E-state index < -0.39 is 0 Å². The molecule has 0 unspecified atom stereocenters. The zero-order chi connectivity index (χ0) is 15.2. The highest BCUT2D eigenvalue weighted by Crippen LogP contribution is 1.97. The minimum atomic E-state index is 0.337. The number of aliphatic hydroxyl groups is 1. The summed E-state index contributed by atoms with van der Waals surface area (Å²) in [4.78, 5) is 8.34. The molecule has 0 bridgehead atoms. The van der Waals surface area contributed by atoms with Crippen molar-refractivity contribution in [3.05, 3.63) is 30.1 Å². The maximum Gasteiger partial charge on any atom is 0.175 e. The Hall–Kier alpha value is -1.01. The molecular formula is C17H32N4O+4. The number of piperazine rings is 1. The average molecular weight is 308 g/mol. The number of nitrogens with one attached hydrogen (secondary N) is 4. The van der Waals surface area contributed by atoms with E-state index in [4.69, 9.17) is 5.11 Å². The van der Waals surface area contributed by atoms with Crippen molar-refractivity contribution in [3.8, 4) is 0 Å². The third-order valence-electron chi connectivity index (χ3n) is 5.56. The number of hydrogen-bond donors (Lipinski definition) is 4. The Bertz CT molecular complexity index is 426. The number of rotatable bonds is 5. The normalized spacial score (nSPS) is 32.8. The first-order chi connectivity index (χ1) is 10.8. The first kappa shape index (κ1) is 15.9. The molecule has 122 valence electrons. The maximum absolute atomic E-state index is 9.05. The molecule has 3 heterocycles. The highest BCUT2D eigenvalue weighted by Gasteiger charge is 2.33. The lowest BCUT2D eigenvalue weighted by molar-refractivity contribution is -1.03. The lowest BCUT2D eigenvalue weighted by Crippen LogP contribution is -3.30. The number of aromatic nitrogens is 1. The van der Waals surface area contributed by atoms with E-state index in [1.54, 1.807) is 9.80 Å². The number of likely N-dealkylation sites (tertiary alicyclic amines) is 1. The lowest BCUT2D eigenvalue weighted by atomic mass is 10.0. The summed E-state index contributed by atoms with van der Waals surface area (Å²) in [5, 5.41) is 9.05. The van der Waals surface area contributed by atoms with E-state index in [1.165, 1.54) is 57.7 Å². The zero-order valence-corrected chi connectivity index (χ0v) is 13.6. The topological polar surface area (TPSA) is 47.7 Å². The molecule has 1 aromatic rings. The van der Waals surface area contributed by atoms with Gasteiger partial charge in [0.2, 0.25) is 0 Å². The SMILES string of the molecule is OCC[NH+]1CC[NH+](C2CC[NH+](Cc3ccc[nH+]c3)CC2)CC1. The van der Waals surface area contributed by atoms with Crippen LogP contribution in [0, 0.1) is 0 Å². The Balaban J connectivity index is 1.40. The van der Waals surface area contributed by atoms with E-state index in [9.17, 15) is 0 Å². The Morgan fingerprint density at radius 3 is 2.45 bits per heavy atom. The summed E-state index contributed by atoms with van der Waals surface area (Å²) >= 11 is 0. The molecule has 3 rings (SSSR count). The van der Waals surface area contributed by atoms with Crippen LogP contribution in [0.4, 0.5) is 0 Å². The van der Waals surface area contributed by atoms with Crippen molar-refractivity contribution in [2.24, 2.45) is 0 Å². The van der Waals surface area contributed by atoms with Gasteiger partial charge in [-0.25, -0.2) is 4.98 Å². The molecule has 0 atom stereocenters. The van der Waals surface area contributed by atoms with Gasteiger partial charge in [0.1, 0.15) is 39.3 Å². The van der Waals surface area contributed by atoms with Crippen molar-refractivity contribution in [3.63, 3.8) is 0 Å². The molecule has 0 aliphatic carbocycles. The Morgan fingerprint density at radius 2 is 1.82 bits per heavy atom. The molecular weight excluding hydrogens is 276 g/mol. The van der Waals surface area contributed by atoms with E-state index in [-0.39, 0.29) is 0 Å². The van der Waals surface area contributed by atoms with Crippen molar-refractivity contribution in [1.29, 1.82) is 0 Å². The molecule has 0 amide bonds. The summed E-state index contributed by atoms with van der Waals surface area (Å²) in [6.45, 7) is 10.1. The third-order valence-corrected chi connectivity index (χ3v) is 5.56. The molecule has 2 aliphatic rings. The smallest absolute Gasteiger partial charge is 0.175 e. The van der Waals surface area contributed by atoms with Crippen LogP contribution in [0.2, 0.25) is 0 Å². The molecule has 5 N–H and O–H groups in total. The summed E-state index contributed by atoms with van der Waals surface area (Å²) in [6.07, 6.45) is 6.85. The molecule has 2 fully saturated rings. The van der Waals surface area contributed by atoms with Gasteiger partial charge < -0.3 is 19.8 Å². The predicted molar refractivity (Wildman–Crippen MR) is 83.8 cm³/mol. The average Bonchev–Trinajstić information content (AvgIpc) is 2.58.